The van der Waals surface area contributed by atoms with Gasteiger partial charge in [0.25, 0.3) is 0 Å². The second-order valence-electron chi connectivity index (χ2n) is 15.3. The van der Waals surface area contributed by atoms with Gasteiger partial charge in [-0.25, -0.2) is 9.97 Å². The minimum atomic E-state index is 0.855. The maximum atomic E-state index is 5.55. The molecule has 272 valence electrons. The summed E-state index contributed by atoms with van der Waals surface area (Å²) in [5, 5.41) is 8.43. The summed E-state index contributed by atoms with van der Waals surface area (Å²) in [6.45, 7) is 0. The van der Waals surface area contributed by atoms with Gasteiger partial charge in [-0.1, -0.05) is 121 Å². The third-order valence-corrected chi connectivity index (χ3v) is 12.3. The molecule has 0 fully saturated rings. The van der Waals surface area contributed by atoms with Crippen LogP contribution in [0.25, 0.3) is 106 Å². The van der Waals surface area contributed by atoms with Gasteiger partial charge in [-0.2, -0.15) is 0 Å². The van der Waals surface area contributed by atoms with Gasteiger partial charge in [0.05, 0.1) is 44.3 Å². The first kappa shape index (κ1) is 31.5. The molecule has 0 radical (unpaired) electrons. The Labute approximate surface area is 332 Å². The van der Waals surface area contributed by atoms with Crippen LogP contribution in [-0.4, -0.2) is 28.2 Å². The number of hydrogen-bond donors (Lipinski definition) is 0. The number of pyridine rings is 2. The number of allylic oxidation sites excluding steroid dienone is 1. The van der Waals surface area contributed by atoms with Crippen molar-refractivity contribution >= 4 is 82.4 Å². The van der Waals surface area contributed by atoms with E-state index < -0.39 is 0 Å². The molecule has 12 aromatic rings. The molecule has 6 aromatic carbocycles. The predicted octanol–water partition coefficient (Wildman–Crippen LogP) is 12.7. The molecule has 0 amide bonds. The molecule has 13 rings (SSSR count). The van der Waals surface area contributed by atoms with Crippen molar-refractivity contribution in [2.75, 3.05) is 0 Å². The Hall–Kier alpha value is -7.70. The number of hydrogen-bond acceptors (Lipinski definition) is 2. The van der Waals surface area contributed by atoms with E-state index in [1.54, 1.807) is 0 Å². The van der Waals surface area contributed by atoms with Crippen LogP contribution in [0.5, 0.6) is 0 Å². The minimum Gasteiger partial charge on any atom is -0.294 e. The smallest absolute Gasteiger partial charge is 0.140 e. The Balaban J connectivity index is 1.12. The van der Waals surface area contributed by atoms with E-state index in [0.29, 0.717) is 0 Å². The van der Waals surface area contributed by atoms with Crippen LogP contribution >= 0.6 is 0 Å². The summed E-state index contributed by atoms with van der Waals surface area (Å²) in [4.78, 5) is 11.1. The number of fused-ring (bicyclic) bond motifs is 13. The minimum absolute atomic E-state index is 0.855. The van der Waals surface area contributed by atoms with Crippen molar-refractivity contribution in [2.24, 2.45) is 0 Å². The molecule has 0 N–H and O–H groups in total. The number of aromatic nitrogens is 6. The molecule has 58 heavy (non-hydrogen) atoms. The molecule has 1 aliphatic rings. The zero-order chi connectivity index (χ0) is 37.9. The van der Waals surface area contributed by atoms with Gasteiger partial charge in [-0.3, -0.25) is 18.3 Å². The van der Waals surface area contributed by atoms with Crippen molar-refractivity contribution in [3.05, 3.63) is 187 Å². The van der Waals surface area contributed by atoms with Crippen molar-refractivity contribution in [3.63, 3.8) is 0 Å². The van der Waals surface area contributed by atoms with E-state index in [-0.39, 0.29) is 0 Å². The van der Waals surface area contributed by atoms with Gasteiger partial charge in [0.15, 0.2) is 0 Å². The molecule has 0 aliphatic heterocycles. The summed E-state index contributed by atoms with van der Waals surface area (Å²) in [5.41, 5.74) is 10.5. The van der Waals surface area contributed by atoms with Crippen LogP contribution in [-0.2, 0) is 6.42 Å². The van der Waals surface area contributed by atoms with Gasteiger partial charge in [-0.05, 0) is 79.1 Å². The van der Waals surface area contributed by atoms with Crippen molar-refractivity contribution < 1.29 is 0 Å². The Kier molecular flexibility index (Phi) is 6.46. The quantitative estimate of drug-likeness (QED) is 0.180. The van der Waals surface area contributed by atoms with E-state index in [2.05, 4.69) is 200 Å². The molecular weight excluding hydrogens is 709 g/mol. The highest BCUT2D eigenvalue weighted by molar-refractivity contribution is 6.23. The maximum absolute atomic E-state index is 5.55. The Morgan fingerprint density at radius 3 is 1.21 bits per heavy atom. The fourth-order valence-corrected chi connectivity index (χ4v) is 9.90. The molecule has 0 atom stereocenters. The Bertz CT molecular complexity index is 3650. The van der Waals surface area contributed by atoms with E-state index >= 15 is 0 Å². The highest BCUT2D eigenvalue weighted by Gasteiger charge is 2.24. The standard InChI is InChI=1S/C52H34N6/c1-7-21-41-33(15-1)34-16-2-8-22-42(34)55(41)47-27-13-29-49(53-47)57-45-25-11-5-19-37(45)39-31-32-40-38-20-6-12-26-46(38)58(52(40)51(39)57)50-30-14-28-48(54-50)56-43-23-9-3-17-35(43)36-18-4-10-24-44(36)56/h1-3,5-17,19-32H,4,18H2. The van der Waals surface area contributed by atoms with Gasteiger partial charge in [0.1, 0.15) is 23.3 Å². The summed E-state index contributed by atoms with van der Waals surface area (Å²) >= 11 is 0. The first-order valence-corrected chi connectivity index (χ1v) is 20.0. The molecular formula is C52H34N6. The van der Waals surface area contributed by atoms with Crippen LogP contribution in [0.15, 0.2) is 176 Å². The first-order valence-electron chi connectivity index (χ1n) is 20.0. The molecule has 0 saturated carbocycles. The summed E-state index contributed by atoms with van der Waals surface area (Å²) in [5.74, 6) is 3.50. The van der Waals surface area contributed by atoms with Crippen molar-refractivity contribution in [1.82, 2.24) is 28.2 Å². The molecule has 0 bridgehead atoms. The summed E-state index contributed by atoms with van der Waals surface area (Å²) in [7, 11) is 0. The molecule has 0 unspecified atom stereocenters. The molecule has 6 nitrogen and oxygen atoms in total. The first-order chi connectivity index (χ1) is 28.8. The van der Waals surface area contributed by atoms with Gasteiger partial charge >= 0.3 is 0 Å². The van der Waals surface area contributed by atoms with Crippen LogP contribution in [0.2, 0.25) is 0 Å². The third kappa shape index (κ3) is 4.26. The van der Waals surface area contributed by atoms with Crippen molar-refractivity contribution in [1.29, 1.82) is 0 Å². The average Bonchev–Trinajstić information content (AvgIpc) is 4.02. The SMILES string of the molecule is C1=Cc2c(c3ccccc3n2-c2cccc(-n3c4ccccc4c4ccc5c6ccccc6n(-c6cccc(-n7c8ccccc8c8ccccc87)n6)c5c43)n2)CC1. The van der Waals surface area contributed by atoms with Crippen LogP contribution in [0.1, 0.15) is 17.7 Å². The zero-order valence-corrected chi connectivity index (χ0v) is 31.4. The monoisotopic (exact) mass is 742 g/mol. The number of nitrogens with zero attached hydrogens (tertiary/aromatic N) is 6. The average molecular weight is 743 g/mol. The van der Waals surface area contributed by atoms with Gasteiger partial charge in [-0.15, -0.1) is 0 Å². The largest absolute Gasteiger partial charge is 0.294 e. The number of rotatable bonds is 4. The van der Waals surface area contributed by atoms with Gasteiger partial charge in [0.2, 0.25) is 0 Å². The second-order valence-corrected chi connectivity index (χ2v) is 15.3. The topological polar surface area (TPSA) is 45.5 Å². The lowest BCUT2D eigenvalue weighted by molar-refractivity contribution is 0.941. The lowest BCUT2D eigenvalue weighted by atomic mass is 10.0. The molecule has 0 saturated heterocycles. The normalized spacial score (nSPS) is 13.0. The lowest BCUT2D eigenvalue weighted by Crippen LogP contribution is -2.06. The van der Waals surface area contributed by atoms with E-state index in [1.165, 1.54) is 54.5 Å². The summed E-state index contributed by atoms with van der Waals surface area (Å²) in [6, 6.07) is 60.8. The second kappa shape index (κ2) is 11.9. The number of benzene rings is 6. The molecule has 1 aliphatic carbocycles. The molecule has 0 spiro atoms. The van der Waals surface area contributed by atoms with Gasteiger partial charge < -0.3 is 0 Å². The van der Waals surface area contributed by atoms with Crippen LogP contribution in [0.4, 0.5) is 0 Å². The van der Waals surface area contributed by atoms with Crippen LogP contribution < -0.4 is 0 Å². The third-order valence-electron chi connectivity index (χ3n) is 12.3. The fourth-order valence-electron chi connectivity index (χ4n) is 9.90. The van der Waals surface area contributed by atoms with E-state index in [4.69, 9.17) is 9.97 Å². The molecule has 6 heterocycles. The molecule has 6 aromatic heterocycles. The van der Waals surface area contributed by atoms with Crippen LogP contribution in [0, 0.1) is 0 Å². The maximum Gasteiger partial charge on any atom is 0.140 e. The Morgan fingerprint density at radius 2 is 0.707 bits per heavy atom. The highest BCUT2D eigenvalue weighted by Crippen LogP contribution is 2.42. The van der Waals surface area contributed by atoms with Crippen molar-refractivity contribution in [2.45, 2.75) is 12.8 Å². The lowest BCUT2D eigenvalue weighted by Gasteiger charge is -2.15. The number of aryl methyl sites for hydroxylation is 1. The van der Waals surface area contributed by atoms with Crippen molar-refractivity contribution in [3.8, 4) is 23.3 Å². The highest BCUT2D eigenvalue weighted by atomic mass is 15.2. The fraction of sp³-hybridized carbons (Fsp3) is 0.0385. The summed E-state index contributed by atoms with van der Waals surface area (Å²) in [6.07, 6.45) is 6.64. The number of para-hydroxylation sites is 5. The van der Waals surface area contributed by atoms with E-state index in [9.17, 15) is 0 Å². The zero-order valence-electron chi connectivity index (χ0n) is 31.4. The summed E-state index contributed by atoms with van der Waals surface area (Å²) < 4.78 is 9.37. The van der Waals surface area contributed by atoms with Gasteiger partial charge in [0, 0.05) is 37.7 Å². The predicted molar refractivity (Wildman–Crippen MR) is 239 cm³/mol. The van der Waals surface area contributed by atoms with E-state index in [1.807, 2.05) is 0 Å². The Morgan fingerprint density at radius 1 is 0.328 bits per heavy atom. The molecule has 6 heteroatoms. The van der Waals surface area contributed by atoms with E-state index in [0.717, 1.165) is 69.2 Å². The van der Waals surface area contributed by atoms with Crippen LogP contribution in [0.3, 0.4) is 0 Å².